The highest BCUT2D eigenvalue weighted by atomic mass is 35.5. The number of pyridine rings is 1. The van der Waals surface area contributed by atoms with Crippen molar-refractivity contribution in [3.05, 3.63) is 89.0 Å². The van der Waals surface area contributed by atoms with Gasteiger partial charge in [-0.15, -0.1) is 0 Å². The van der Waals surface area contributed by atoms with Gasteiger partial charge in [-0.05, 0) is 54.3 Å². The van der Waals surface area contributed by atoms with Gasteiger partial charge in [0.2, 0.25) is 0 Å². The molecule has 0 bridgehead atoms. The summed E-state index contributed by atoms with van der Waals surface area (Å²) >= 11 is 5.89. The second kappa shape index (κ2) is 6.71. The summed E-state index contributed by atoms with van der Waals surface area (Å²) in [6, 6.07) is 18.4. The SMILES string of the molecule is Fc1ccc(CCc2ccc(-c3ccc(Cl)cc3)cn2)cc1. The van der Waals surface area contributed by atoms with E-state index in [1.165, 1.54) is 12.1 Å². The zero-order chi connectivity index (χ0) is 15.4. The van der Waals surface area contributed by atoms with Crippen LogP contribution in [0.15, 0.2) is 66.9 Å². The molecule has 3 heteroatoms. The van der Waals surface area contributed by atoms with Crippen molar-refractivity contribution >= 4 is 11.6 Å². The van der Waals surface area contributed by atoms with E-state index in [-0.39, 0.29) is 5.82 Å². The second-order valence-electron chi connectivity index (χ2n) is 5.17. The molecule has 1 heterocycles. The average molecular weight is 312 g/mol. The van der Waals surface area contributed by atoms with Crippen LogP contribution in [-0.2, 0) is 12.8 Å². The van der Waals surface area contributed by atoms with E-state index in [1.54, 1.807) is 0 Å². The minimum atomic E-state index is -0.200. The first-order chi connectivity index (χ1) is 10.7. The number of benzene rings is 2. The largest absolute Gasteiger partial charge is 0.261 e. The Labute approximate surface area is 134 Å². The Morgan fingerprint density at radius 3 is 2.09 bits per heavy atom. The quantitative estimate of drug-likeness (QED) is 0.635. The topological polar surface area (TPSA) is 12.9 Å². The van der Waals surface area contributed by atoms with Crippen LogP contribution in [0.4, 0.5) is 4.39 Å². The fraction of sp³-hybridized carbons (Fsp3) is 0.105. The molecule has 0 radical (unpaired) electrons. The van der Waals surface area contributed by atoms with E-state index in [1.807, 2.05) is 48.7 Å². The van der Waals surface area contributed by atoms with E-state index in [0.29, 0.717) is 0 Å². The first-order valence-electron chi connectivity index (χ1n) is 7.16. The van der Waals surface area contributed by atoms with Gasteiger partial charge in [-0.2, -0.15) is 0 Å². The fourth-order valence-corrected chi connectivity index (χ4v) is 2.43. The smallest absolute Gasteiger partial charge is 0.123 e. The lowest BCUT2D eigenvalue weighted by atomic mass is 10.1. The molecule has 0 aliphatic carbocycles. The zero-order valence-electron chi connectivity index (χ0n) is 12.0. The van der Waals surface area contributed by atoms with Crippen LogP contribution in [-0.4, -0.2) is 4.98 Å². The Morgan fingerprint density at radius 2 is 1.45 bits per heavy atom. The first kappa shape index (κ1) is 14.7. The van der Waals surface area contributed by atoms with Gasteiger partial charge in [-0.3, -0.25) is 4.98 Å². The summed E-state index contributed by atoms with van der Waals surface area (Å²) in [5.74, 6) is -0.200. The van der Waals surface area contributed by atoms with Crippen LogP contribution in [0.1, 0.15) is 11.3 Å². The highest BCUT2D eigenvalue weighted by Crippen LogP contribution is 2.21. The molecule has 0 aliphatic rings. The lowest BCUT2D eigenvalue weighted by Gasteiger charge is -2.05. The van der Waals surface area contributed by atoms with Crippen LogP contribution >= 0.6 is 11.6 Å². The van der Waals surface area contributed by atoms with Gasteiger partial charge in [0.05, 0.1) is 0 Å². The van der Waals surface area contributed by atoms with Crippen LogP contribution in [0.5, 0.6) is 0 Å². The van der Waals surface area contributed by atoms with Crippen LogP contribution in [0.3, 0.4) is 0 Å². The van der Waals surface area contributed by atoms with Gasteiger partial charge in [-0.25, -0.2) is 4.39 Å². The molecule has 0 spiro atoms. The summed E-state index contributed by atoms with van der Waals surface area (Å²) < 4.78 is 12.9. The summed E-state index contributed by atoms with van der Waals surface area (Å²) in [6.07, 6.45) is 3.57. The molecule has 0 unspecified atom stereocenters. The Bertz CT molecular complexity index is 734. The van der Waals surface area contributed by atoms with Crippen molar-refractivity contribution in [1.82, 2.24) is 4.98 Å². The monoisotopic (exact) mass is 311 g/mol. The van der Waals surface area contributed by atoms with Crippen molar-refractivity contribution in [2.75, 3.05) is 0 Å². The summed E-state index contributed by atoms with van der Waals surface area (Å²) in [4.78, 5) is 4.50. The predicted octanol–water partition coefficient (Wildman–Crippen LogP) is 5.33. The number of hydrogen-bond donors (Lipinski definition) is 0. The Balaban J connectivity index is 1.66. The molecule has 0 aliphatic heterocycles. The molecule has 3 aromatic rings. The Hall–Kier alpha value is -2.19. The highest BCUT2D eigenvalue weighted by Gasteiger charge is 2.01. The van der Waals surface area contributed by atoms with Crippen LogP contribution in [0, 0.1) is 5.82 Å². The molecule has 0 saturated heterocycles. The van der Waals surface area contributed by atoms with Gasteiger partial charge < -0.3 is 0 Å². The maximum atomic E-state index is 12.9. The third kappa shape index (κ3) is 3.71. The van der Waals surface area contributed by atoms with Crippen LogP contribution < -0.4 is 0 Å². The Kier molecular flexibility index (Phi) is 4.50. The van der Waals surface area contributed by atoms with Crippen molar-refractivity contribution in [2.24, 2.45) is 0 Å². The van der Waals surface area contributed by atoms with Crippen LogP contribution in [0.2, 0.25) is 5.02 Å². The van der Waals surface area contributed by atoms with Crippen molar-refractivity contribution in [1.29, 1.82) is 0 Å². The lowest BCUT2D eigenvalue weighted by Crippen LogP contribution is -1.94. The molecule has 0 saturated carbocycles. The van der Waals surface area contributed by atoms with Gasteiger partial charge in [-0.1, -0.05) is 41.9 Å². The van der Waals surface area contributed by atoms with E-state index in [2.05, 4.69) is 11.1 Å². The minimum absolute atomic E-state index is 0.200. The van der Waals surface area contributed by atoms with Gasteiger partial charge in [0.15, 0.2) is 0 Å². The number of nitrogens with zero attached hydrogens (tertiary/aromatic N) is 1. The molecule has 2 aromatic carbocycles. The number of hydrogen-bond acceptors (Lipinski definition) is 1. The molecule has 110 valence electrons. The normalized spacial score (nSPS) is 10.6. The molecular formula is C19H15ClFN. The molecule has 1 aromatic heterocycles. The lowest BCUT2D eigenvalue weighted by molar-refractivity contribution is 0.627. The van der Waals surface area contributed by atoms with Crippen molar-refractivity contribution in [2.45, 2.75) is 12.8 Å². The van der Waals surface area contributed by atoms with E-state index < -0.39 is 0 Å². The van der Waals surface area contributed by atoms with E-state index >= 15 is 0 Å². The van der Waals surface area contributed by atoms with E-state index in [9.17, 15) is 4.39 Å². The summed E-state index contributed by atoms with van der Waals surface area (Å²) in [6.45, 7) is 0. The molecule has 22 heavy (non-hydrogen) atoms. The van der Waals surface area contributed by atoms with Gasteiger partial charge in [0.25, 0.3) is 0 Å². The fourth-order valence-electron chi connectivity index (χ4n) is 2.31. The molecular weight excluding hydrogens is 297 g/mol. The molecule has 3 rings (SSSR count). The molecule has 0 amide bonds. The predicted molar refractivity (Wildman–Crippen MR) is 88.5 cm³/mol. The number of aryl methyl sites for hydroxylation is 2. The highest BCUT2D eigenvalue weighted by molar-refractivity contribution is 6.30. The number of aromatic nitrogens is 1. The number of rotatable bonds is 4. The maximum Gasteiger partial charge on any atom is 0.123 e. The van der Waals surface area contributed by atoms with E-state index in [0.717, 1.165) is 40.2 Å². The average Bonchev–Trinajstić information content (AvgIpc) is 2.56. The van der Waals surface area contributed by atoms with Crippen molar-refractivity contribution in [3.8, 4) is 11.1 Å². The number of halogens is 2. The maximum absolute atomic E-state index is 12.9. The van der Waals surface area contributed by atoms with Crippen LogP contribution in [0.25, 0.3) is 11.1 Å². The standard InChI is InChI=1S/C19H15ClFN/c20-17-7-4-15(5-8-17)16-6-12-19(22-13-16)11-3-14-1-9-18(21)10-2-14/h1-2,4-10,12-13H,3,11H2. The van der Waals surface area contributed by atoms with Crippen molar-refractivity contribution in [3.63, 3.8) is 0 Å². The molecule has 0 fully saturated rings. The van der Waals surface area contributed by atoms with Gasteiger partial charge in [0.1, 0.15) is 5.82 Å². The summed E-state index contributed by atoms with van der Waals surface area (Å²) in [5.41, 5.74) is 4.32. The molecule has 0 N–H and O–H groups in total. The van der Waals surface area contributed by atoms with Gasteiger partial charge >= 0.3 is 0 Å². The summed E-state index contributed by atoms with van der Waals surface area (Å²) in [7, 11) is 0. The minimum Gasteiger partial charge on any atom is -0.261 e. The van der Waals surface area contributed by atoms with Crippen molar-refractivity contribution < 1.29 is 4.39 Å². The second-order valence-corrected chi connectivity index (χ2v) is 5.61. The Morgan fingerprint density at radius 1 is 0.773 bits per heavy atom. The third-order valence-electron chi connectivity index (χ3n) is 3.59. The third-order valence-corrected chi connectivity index (χ3v) is 3.84. The summed E-state index contributed by atoms with van der Waals surface area (Å²) in [5, 5.41) is 0.729. The molecule has 1 nitrogen and oxygen atoms in total. The first-order valence-corrected chi connectivity index (χ1v) is 7.54. The van der Waals surface area contributed by atoms with Gasteiger partial charge in [0, 0.05) is 22.5 Å². The zero-order valence-corrected chi connectivity index (χ0v) is 12.7. The molecule has 0 atom stereocenters. The van der Waals surface area contributed by atoms with E-state index in [4.69, 9.17) is 11.6 Å².